The van der Waals surface area contributed by atoms with E-state index in [9.17, 15) is 9.59 Å². The number of hydrogen-bond donors (Lipinski definition) is 0. The minimum absolute atomic E-state index is 0.322. The van der Waals surface area contributed by atoms with E-state index in [0.29, 0.717) is 31.1 Å². The molecule has 2 aromatic rings. The highest BCUT2D eigenvalue weighted by Crippen LogP contribution is 2.39. The molecule has 3 aliphatic heterocycles. The number of nitrogens with zero attached hydrogens (tertiary/aromatic N) is 3. The molecule has 5 rings (SSSR count). The number of ether oxygens (including phenoxy) is 3. The number of esters is 2. The lowest BCUT2D eigenvalue weighted by Gasteiger charge is -2.44. The summed E-state index contributed by atoms with van der Waals surface area (Å²) in [5.74, 6) is -2.24. The third kappa shape index (κ3) is 3.37. The summed E-state index contributed by atoms with van der Waals surface area (Å²) in [7, 11) is 0. The number of aryl methyl sites for hydroxylation is 2. The molecule has 0 saturated carbocycles. The highest BCUT2D eigenvalue weighted by atomic mass is 16.8. The molecule has 4 heterocycles. The van der Waals surface area contributed by atoms with Gasteiger partial charge in [-0.1, -0.05) is 18.2 Å². The monoisotopic (exact) mass is 409 g/mol. The Labute approximate surface area is 174 Å². The molecular weight excluding hydrogens is 386 g/mol. The summed E-state index contributed by atoms with van der Waals surface area (Å²) in [5.41, 5.74) is 2.84. The maximum atomic E-state index is 12.3. The van der Waals surface area contributed by atoms with Crippen molar-refractivity contribution < 1.29 is 23.8 Å². The molecular formula is C22H23N3O5. The highest BCUT2D eigenvalue weighted by Gasteiger charge is 2.50. The van der Waals surface area contributed by atoms with Gasteiger partial charge in [0.1, 0.15) is 6.61 Å². The van der Waals surface area contributed by atoms with Crippen molar-refractivity contribution >= 4 is 11.9 Å². The van der Waals surface area contributed by atoms with Crippen LogP contribution in [0.5, 0.6) is 5.88 Å². The summed E-state index contributed by atoms with van der Waals surface area (Å²) < 4.78 is 19.3. The fourth-order valence-electron chi connectivity index (χ4n) is 4.34. The largest absolute Gasteiger partial charge is 0.475 e. The fraction of sp³-hybridized carbons (Fsp3) is 0.409. The Bertz CT molecular complexity index is 968. The molecule has 0 unspecified atom stereocenters. The number of hydrogen-bond acceptors (Lipinski definition) is 7. The Morgan fingerprint density at radius 2 is 1.83 bits per heavy atom. The fourth-order valence-corrected chi connectivity index (χ4v) is 4.34. The van der Waals surface area contributed by atoms with Crippen molar-refractivity contribution in [3.8, 4) is 5.88 Å². The molecule has 0 amide bonds. The Morgan fingerprint density at radius 3 is 2.63 bits per heavy atom. The molecule has 0 aliphatic carbocycles. The third-order valence-electron chi connectivity index (χ3n) is 5.76. The zero-order valence-electron chi connectivity index (χ0n) is 16.6. The van der Waals surface area contributed by atoms with E-state index in [-0.39, 0.29) is 0 Å². The van der Waals surface area contributed by atoms with Crippen LogP contribution < -0.4 is 4.74 Å². The molecule has 1 aromatic carbocycles. The van der Waals surface area contributed by atoms with Crippen LogP contribution in [0.2, 0.25) is 0 Å². The molecule has 1 aromatic heterocycles. The van der Waals surface area contributed by atoms with E-state index in [0.717, 1.165) is 43.5 Å². The lowest BCUT2D eigenvalue weighted by atomic mass is 9.95. The first kappa shape index (κ1) is 18.9. The second-order valence-corrected chi connectivity index (χ2v) is 7.65. The van der Waals surface area contributed by atoms with E-state index < -0.39 is 17.8 Å². The number of fused-ring (bicyclic) bond motifs is 3. The van der Waals surface area contributed by atoms with Crippen molar-refractivity contribution in [1.29, 1.82) is 0 Å². The van der Waals surface area contributed by atoms with Crippen molar-refractivity contribution in [3.63, 3.8) is 0 Å². The van der Waals surface area contributed by atoms with Crippen LogP contribution in [0.1, 0.15) is 29.7 Å². The maximum absolute atomic E-state index is 12.3. The van der Waals surface area contributed by atoms with Crippen LogP contribution in [0.25, 0.3) is 0 Å². The quantitative estimate of drug-likeness (QED) is 0.714. The summed E-state index contributed by atoms with van der Waals surface area (Å²) in [6.45, 7) is 2.20. The maximum Gasteiger partial charge on any atom is 0.349 e. The minimum Gasteiger partial charge on any atom is -0.475 e. The molecule has 30 heavy (non-hydrogen) atoms. The Kier molecular flexibility index (Phi) is 4.78. The topological polar surface area (TPSA) is 82.9 Å². The van der Waals surface area contributed by atoms with Crippen LogP contribution in [0.4, 0.5) is 0 Å². The summed E-state index contributed by atoms with van der Waals surface area (Å²) >= 11 is 0. The van der Waals surface area contributed by atoms with Crippen molar-refractivity contribution in [2.75, 3.05) is 19.7 Å². The number of rotatable bonds is 4. The molecule has 8 nitrogen and oxygen atoms in total. The van der Waals surface area contributed by atoms with Gasteiger partial charge >= 0.3 is 17.8 Å². The normalized spacial score (nSPS) is 20.1. The average molecular weight is 409 g/mol. The summed E-state index contributed by atoms with van der Waals surface area (Å²) in [6.07, 6.45) is 6.26. The predicted molar refractivity (Wildman–Crippen MR) is 105 cm³/mol. The van der Waals surface area contributed by atoms with Gasteiger partial charge in [0, 0.05) is 43.5 Å². The summed E-state index contributed by atoms with van der Waals surface area (Å²) in [6, 6.07) is 9.54. The van der Waals surface area contributed by atoms with Crippen LogP contribution in [0.3, 0.4) is 0 Å². The predicted octanol–water partition coefficient (Wildman–Crippen LogP) is 1.92. The number of benzene rings is 1. The van der Waals surface area contributed by atoms with E-state index in [1.807, 2.05) is 39.9 Å². The van der Waals surface area contributed by atoms with Crippen molar-refractivity contribution in [2.45, 2.75) is 38.1 Å². The Morgan fingerprint density at radius 1 is 1.03 bits per heavy atom. The lowest BCUT2D eigenvalue weighted by Crippen LogP contribution is -2.56. The SMILES string of the molecule is O=C1C=CC(=O)OC2(O1)c1ccccc1CCN2CCOc1cc2n(n1)CCCC2. The van der Waals surface area contributed by atoms with Crippen molar-refractivity contribution in [2.24, 2.45) is 0 Å². The number of carbonyl (C=O) groups is 2. The van der Waals surface area contributed by atoms with Gasteiger partial charge in [-0.25, -0.2) is 14.5 Å². The third-order valence-corrected chi connectivity index (χ3v) is 5.76. The molecule has 156 valence electrons. The second-order valence-electron chi connectivity index (χ2n) is 7.65. The molecule has 8 heteroatoms. The van der Waals surface area contributed by atoms with E-state index >= 15 is 0 Å². The van der Waals surface area contributed by atoms with Gasteiger partial charge in [0.05, 0.1) is 5.56 Å². The van der Waals surface area contributed by atoms with Crippen LogP contribution in [-0.4, -0.2) is 46.3 Å². The zero-order valence-corrected chi connectivity index (χ0v) is 16.6. The zero-order chi connectivity index (χ0) is 20.6. The van der Waals surface area contributed by atoms with E-state index in [4.69, 9.17) is 14.2 Å². The average Bonchev–Trinajstić information content (AvgIpc) is 3.10. The van der Waals surface area contributed by atoms with Gasteiger partial charge in [-0.15, -0.1) is 5.10 Å². The van der Waals surface area contributed by atoms with Gasteiger partial charge in [0.15, 0.2) is 0 Å². The first-order valence-electron chi connectivity index (χ1n) is 10.3. The first-order valence-corrected chi connectivity index (χ1v) is 10.3. The van der Waals surface area contributed by atoms with Crippen molar-refractivity contribution in [3.05, 3.63) is 59.3 Å². The molecule has 0 saturated heterocycles. The van der Waals surface area contributed by atoms with E-state index in [1.165, 1.54) is 12.1 Å². The van der Waals surface area contributed by atoms with Gasteiger partial charge < -0.3 is 14.2 Å². The van der Waals surface area contributed by atoms with Crippen LogP contribution >= 0.6 is 0 Å². The molecule has 0 atom stereocenters. The lowest BCUT2D eigenvalue weighted by molar-refractivity contribution is -0.295. The molecule has 0 radical (unpaired) electrons. The van der Waals surface area contributed by atoms with Gasteiger partial charge in [-0.05, 0) is 37.3 Å². The minimum atomic E-state index is -1.59. The van der Waals surface area contributed by atoms with Gasteiger partial charge in [-0.2, -0.15) is 0 Å². The van der Waals surface area contributed by atoms with E-state index in [2.05, 4.69) is 5.10 Å². The first-order chi connectivity index (χ1) is 14.6. The van der Waals surface area contributed by atoms with Crippen LogP contribution in [0.15, 0.2) is 42.5 Å². The molecule has 0 fully saturated rings. The van der Waals surface area contributed by atoms with Gasteiger partial charge in [0.25, 0.3) is 0 Å². The summed E-state index contributed by atoms with van der Waals surface area (Å²) in [5, 5.41) is 4.51. The van der Waals surface area contributed by atoms with Crippen LogP contribution in [0, 0.1) is 0 Å². The smallest absolute Gasteiger partial charge is 0.349 e. The molecule has 3 aliphatic rings. The number of aromatic nitrogens is 2. The number of carbonyl (C=O) groups excluding carboxylic acids is 2. The van der Waals surface area contributed by atoms with E-state index in [1.54, 1.807) is 0 Å². The molecule has 1 spiro atoms. The molecule has 0 N–H and O–H groups in total. The summed E-state index contributed by atoms with van der Waals surface area (Å²) in [4.78, 5) is 26.3. The highest BCUT2D eigenvalue weighted by molar-refractivity contribution is 5.93. The van der Waals surface area contributed by atoms with Crippen molar-refractivity contribution in [1.82, 2.24) is 14.7 Å². The standard InChI is InChI=1S/C22H23N3O5/c26-20-8-9-21(27)30-22(29-20)18-7-2-1-5-16(18)10-12-24(22)13-14-28-19-15-17-6-3-4-11-25(17)23-19/h1-2,5,7-9,15H,3-4,6,10-14H2. The Hall–Kier alpha value is -3.13. The van der Waals surface area contributed by atoms with Gasteiger partial charge in [0.2, 0.25) is 5.88 Å². The van der Waals surface area contributed by atoms with Gasteiger partial charge in [-0.3, -0.25) is 4.68 Å². The second kappa shape index (κ2) is 7.60. The Balaban J connectivity index is 1.37. The van der Waals surface area contributed by atoms with Crippen LogP contribution in [-0.2, 0) is 44.4 Å². The molecule has 0 bridgehead atoms.